The van der Waals surface area contributed by atoms with E-state index < -0.39 is 0 Å². The number of nitrogens with one attached hydrogen (secondary N) is 1. The van der Waals surface area contributed by atoms with Gasteiger partial charge >= 0.3 is 0 Å². The van der Waals surface area contributed by atoms with Crippen LogP contribution in [0.3, 0.4) is 0 Å². The third-order valence-electron chi connectivity index (χ3n) is 3.64. The smallest absolute Gasteiger partial charge is 0.131 e. The van der Waals surface area contributed by atoms with Crippen LogP contribution >= 0.6 is 24.8 Å². The van der Waals surface area contributed by atoms with Gasteiger partial charge in [0.1, 0.15) is 17.2 Å². The summed E-state index contributed by atoms with van der Waals surface area (Å²) in [6, 6.07) is 4.49. The summed E-state index contributed by atoms with van der Waals surface area (Å²) in [4.78, 5) is 0. The number of hydrogen-bond donors (Lipinski definition) is 2. The predicted octanol–water partition coefficient (Wildman–Crippen LogP) is 2.18. The Kier molecular flexibility index (Phi) is 4.84. The molecule has 1 saturated heterocycles. The van der Waals surface area contributed by atoms with E-state index in [2.05, 4.69) is 5.32 Å². The van der Waals surface area contributed by atoms with E-state index in [9.17, 15) is 4.39 Å². The van der Waals surface area contributed by atoms with Crippen LogP contribution in [0.15, 0.2) is 18.2 Å². The molecule has 3 nitrogen and oxygen atoms in total. The van der Waals surface area contributed by atoms with Gasteiger partial charge in [-0.15, -0.1) is 24.8 Å². The van der Waals surface area contributed by atoms with E-state index in [4.69, 9.17) is 10.5 Å². The topological polar surface area (TPSA) is 47.3 Å². The van der Waals surface area contributed by atoms with Gasteiger partial charge in [-0.05, 0) is 19.2 Å². The van der Waals surface area contributed by atoms with Crippen LogP contribution in [0.4, 0.5) is 4.39 Å². The van der Waals surface area contributed by atoms with E-state index >= 15 is 0 Å². The van der Waals surface area contributed by atoms with Crippen molar-refractivity contribution in [2.45, 2.75) is 24.5 Å². The van der Waals surface area contributed by atoms with Crippen molar-refractivity contribution < 1.29 is 9.13 Å². The van der Waals surface area contributed by atoms with Crippen molar-refractivity contribution in [3.8, 4) is 5.75 Å². The van der Waals surface area contributed by atoms with Crippen molar-refractivity contribution in [1.29, 1.82) is 0 Å². The highest BCUT2D eigenvalue weighted by atomic mass is 35.5. The second kappa shape index (κ2) is 5.61. The number of benzene rings is 1. The maximum atomic E-state index is 13.1. The van der Waals surface area contributed by atoms with E-state index in [1.807, 2.05) is 0 Å². The molecule has 2 aliphatic rings. The number of nitrogens with two attached hydrogens (primary N) is 1. The number of halogens is 3. The molecule has 0 radical (unpaired) electrons. The van der Waals surface area contributed by atoms with Gasteiger partial charge in [0.2, 0.25) is 0 Å². The van der Waals surface area contributed by atoms with E-state index in [1.54, 1.807) is 6.07 Å². The van der Waals surface area contributed by atoms with Gasteiger partial charge in [0.25, 0.3) is 0 Å². The molecule has 3 rings (SSSR count). The van der Waals surface area contributed by atoms with Crippen LogP contribution in [0.1, 0.15) is 24.4 Å². The third-order valence-corrected chi connectivity index (χ3v) is 3.64. The molecule has 1 aromatic carbocycles. The van der Waals surface area contributed by atoms with Crippen LogP contribution in [0.25, 0.3) is 0 Å². The molecule has 0 amide bonds. The molecule has 18 heavy (non-hydrogen) atoms. The summed E-state index contributed by atoms with van der Waals surface area (Å²) in [6.45, 7) is 1.81. The van der Waals surface area contributed by atoms with Crippen molar-refractivity contribution in [2.24, 2.45) is 5.73 Å². The van der Waals surface area contributed by atoms with Crippen molar-refractivity contribution in [3.63, 3.8) is 0 Å². The molecule has 1 atom stereocenters. The molecule has 0 aromatic heterocycles. The molecule has 0 bridgehead atoms. The summed E-state index contributed by atoms with van der Waals surface area (Å²) in [5.74, 6) is 0.353. The number of fused-ring (bicyclic) bond motifs is 1. The minimum absolute atomic E-state index is 0. The SMILES string of the molecule is Cl.Cl.N[C@@H]1c2ccc(F)cc2OC12CCNCC2. The van der Waals surface area contributed by atoms with Crippen LogP contribution in [0, 0.1) is 5.82 Å². The van der Waals surface area contributed by atoms with Gasteiger partial charge in [-0.3, -0.25) is 0 Å². The first kappa shape index (κ1) is 15.5. The summed E-state index contributed by atoms with van der Waals surface area (Å²) >= 11 is 0. The van der Waals surface area contributed by atoms with Crippen molar-refractivity contribution in [1.82, 2.24) is 5.32 Å². The Morgan fingerprint density at radius 3 is 2.61 bits per heavy atom. The average molecular weight is 295 g/mol. The summed E-state index contributed by atoms with van der Waals surface area (Å²) < 4.78 is 19.0. The molecular weight excluding hydrogens is 278 g/mol. The minimum Gasteiger partial charge on any atom is -0.485 e. The molecule has 102 valence electrons. The first-order valence-corrected chi connectivity index (χ1v) is 5.66. The summed E-state index contributed by atoms with van der Waals surface area (Å²) in [7, 11) is 0. The Morgan fingerprint density at radius 1 is 1.28 bits per heavy atom. The zero-order chi connectivity index (χ0) is 11.2. The van der Waals surface area contributed by atoms with Crippen LogP contribution < -0.4 is 15.8 Å². The first-order valence-electron chi connectivity index (χ1n) is 5.66. The number of ether oxygens (including phenoxy) is 1. The Balaban J connectivity index is 0.000000810. The molecule has 0 unspecified atom stereocenters. The quantitative estimate of drug-likeness (QED) is 0.771. The van der Waals surface area contributed by atoms with Gasteiger partial charge in [-0.2, -0.15) is 0 Å². The lowest BCUT2D eigenvalue weighted by Crippen LogP contribution is -2.50. The number of hydrogen-bond acceptors (Lipinski definition) is 3. The van der Waals surface area contributed by atoms with Crippen molar-refractivity contribution >= 4 is 24.8 Å². The second-order valence-electron chi connectivity index (χ2n) is 4.58. The second-order valence-corrected chi connectivity index (χ2v) is 4.58. The molecule has 2 aliphatic heterocycles. The monoisotopic (exact) mass is 294 g/mol. The first-order chi connectivity index (χ1) is 7.71. The summed E-state index contributed by atoms with van der Waals surface area (Å²) in [6.07, 6.45) is 1.76. The Bertz CT molecular complexity index is 425. The molecule has 1 spiro atoms. The lowest BCUT2D eigenvalue weighted by Gasteiger charge is -2.36. The standard InChI is InChI=1S/C12H15FN2O.2ClH/c13-8-1-2-9-10(7-8)16-12(11(9)14)3-5-15-6-4-12;;/h1-2,7,11,15H,3-6,14H2;2*1H/t11-;;/m1../s1. The van der Waals surface area contributed by atoms with Gasteiger partial charge in [-0.1, -0.05) is 6.07 Å². The van der Waals surface area contributed by atoms with Gasteiger partial charge in [0.15, 0.2) is 0 Å². The molecular formula is C12H17Cl2FN2O. The molecule has 0 saturated carbocycles. The fourth-order valence-electron chi connectivity index (χ4n) is 2.68. The Morgan fingerprint density at radius 2 is 1.94 bits per heavy atom. The highest BCUT2D eigenvalue weighted by molar-refractivity contribution is 5.85. The highest BCUT2D eigenvalue weighted by Crippen LogP contribution is 2.46. The largest absolute Gasteiger partial charge is 0.485 e. The molecule has 2 heterocycles. The van der Waals surface area contributed by atoms with Gasteiger partial charge in [0.05, 0.1) is 6.04 Å². The molecule has 1 aromatic rings. The summed E-state index contributed by atoms with van der Waals surface area (Å²) in [5.41, 5.74) is 6.85. The van der Waals surface area contributed by atoms with Gasteiger partial charge < -0.3 is 15.8 Å². The maximum absolute atomic E-state index is 13.1. The normalized spacial score (nSPS) is 23.6. The summed E-state index contributed by atoms with van der Waals surface area (Å²) in [5, 5.41) is 3.28. The number of rotatable bonds is 0. The fraction of sp³-hybridized carbons (Fsp3) is 0.500. The average Bonchev–Trinajstić information content (AvgIpc) is 2.53. The molecule has 0 aliphatic carbocycles. The minimum atomic E-state index is -0.318. The van der Waals surface area contributed by atoms with E-state index in [0.29, 0.717) is 5.75 Å². The van der Waals surface area contributed by atoms with Crippen molar-refractivity contribution in [3.05, 3.63) is 29.6 Å². The van der Waals surface area contributed by atoms with Gasteiger partial charge in [-0.25, -0.2) is 4.39 Å². The maximum Gasteiger partial charge on any atom is 0.131 e. The Hall–Kier alpha value is -0.550. The van der Waals surface area contributed by atoms with E-state index in [-0.39, 0.29) is 42.3 Å². The zero-order valence-corrected chi connectivity index (χ0v) is 11.5. The Labute approximate surface area is 118 Å². The van der Waals surface area contributed by atoms with Crippen LogP contribution in [0.2, 0.25) is 0 Å². The van der Waals surface area contributed by atoms with E-state index in [0.717, 1.165) is 31.5 Å². The third kappa shape index (κ3) is 2.30. The van der Waals surface area contributed by atoms with Crippen LogP contribution in [-0.4, -0.2) is 18.7 Å². The van der Waals surface area contributed by atoms with Crippen LogP contribution in [-0.2, 0) is 0 Å². The van der Waals surface area contributed by atoms with Crippen molar-refractivity contribution in [2.75, 3.05) is 13.1 Å². The van der Waals surface area contributed by atoms with E-state index in [1.165, 1.54) is 12.1 Å². The predicted molar refractivity (Wildman–Crippen MR) is 73.3 cm³/mol. The number of piperidine rings is 1. The fourth-order valence-corrected chi connectivity index (χ4v) is 2.68. The lowest BCUT2D eigenvalue weighted by molar-refractivity contribution is 0.0368. The molecule has 3 N–H and O–H groups in total. The van der Waals surface area contributed by atoms with Gasteiger partial charge in [0, 0.05) is 24.5 Å². The zero-order valence-electron chi connectivity index (χ0n) is 9.82. The molecule has 1 fully saturated rings. The highest BCUT2D eigenvalue weighted by Gasteiger charge is 2.47. The lowest BCUT2D eigenvalue weighted by atomic mass is 9.84. The molecule has 6 heteroatoms. The van der Waals surface area contributed by atoms with Crippen LogP contribution in [0.5, 0.6) is 5.75 Å².